The van der Waals surface area contributed by atoms with E-state index in [1.54, 1.807) is 13.0 Å². The van der Waals surface area contributed by atoms with Gasteiger partial charge in [0.15, 0.2) is 0 Å². The van der Waals surface area contributed by atoms with Gasteiger partial charge < -0.3 is 10.4 Å². The van der Waals surface area contributed by atoms with E-state index in [4.69, 9.17) is 16.7 Å². The number of carboxylic acids is 1. The zero-order valence-electron chi connectivity index (χ0n) is 11.3. The molecule has 0 bridgehead atoms. The monoisotopic (exact) mass is 296 g/mol. The largest absolute Gasteiger partial charge is 0.481 e. The highest BCUT2D eigenvalue weighted by Gasteiger charge is 2.39. The van der Waals surface area contributed by atoms with Crippen molar-refractivity contribution in [3.05, 3.63) is 28.5 Å². The maximum absolute atomic E-state index is 12.1. The van der Waals surface area contributed by atoms with Crippen molar-refractivity contribution < 1.29 is 14.7 Å². The molecule has 108 valence electrons. The molecule has 20 heavy (non-hydrogen) atoms. The first-order valence-corrected chi connectivity index (χ1v) is 6.92. The number of hydrogen-bond donors (Lipinski definition) is 2. The van der Waals surface area contributed by atoms with Crippen LogP contribution < -0.4 is 5.32 Å². The van der Waals surface area contributed by atoms with Gasteiger partial charge in [-0.1, -0.05) is 18.0 Å². The van der Waals surface area contributed by atoms with Crippen molar-refractivity contribution in [1.29, 1.82) is 0 Å². The zero-order chi connectivity index (χ0) is 14.8. The van der Waals surface area contributed by atoms with E-state index >= 15 is 0 Å². The van der Waals surface area contributed by atoms with Crippen molar-refractivity contribution in [2.24, 2.45) is 5.41 Å². The van der Waals surface area contributed by atoms with Crippen LogP contribution in [0.15, 0.2) is 12.1 Å². The van der Waals surface area contributed by atoms with Gasteiger partial charge in [0.05, 0.1) is 6.42 Å². The normalized spacial score (nSPS) is 16.3. The highest BCUT2D eigenvalue weighted by atomic mass is 35.5. The molecule has 1 saturated carbocycles. The van der Waals surface area contributed by atoms with Crippen LogP contribution in [0.25, 0.3) is 0 Å². The Morgan fingerprint density at radius 3 is 2.65 bits per heavy atom. The number of carbonyl (C=O) groups is 2. The van der Waals surface area contributed by atoms with E-state index in [1.807, 2.05) is 0 Å². The molecule has 1 amide bonds. The van der Waals surface area contributed by atoms with Crippen molar-refractivity contribution in [3.8, 4) is 0 Å². The second-order valence-electron chi connectivity index (χ2n) is 5.43. The van der Waals surface area contributed by atoms with Gasteiger partial charge in [0, 0.05) is 17.8 Å². The Bertz CT molecular complexity index is 521. The number of aromatic nitrogens is 1. The van der Waals surface area contributed by atoms with Crippen molar-refractivity contribution in [2.45, 2.75) is 32.6 Å². The van der Waals surface area contributed by atoms with Crippen LogP contribution in [0.2, 0.25) is 5.15 Å². The molecule has 1 fully saturated rings. The number of nitrogens with zero attached hydrogens (tertiary/aromatic N) is 1. The number of nitrogens with one attached hydrogen (secondary N) is 1. The number of hydrogen-bond acceptors (Lipinski definition) is 3. The van der Waals surface area contributed by atoms with Crippen LogP contribution in [0.1, 0.15) is 41.7 Å². The quantitative estimate of drug-likeness (QED) is 0.818. The van der Waals surface area contributed by atoms with E-state index < -0.39 is 5.97 Å². The molecule has 0 aliphatic heterocycles. The average molecular weight is 297 g/mol. The summed E-state index contributed by atoms with van der Waals surface area (Å²) in [6, 6.07) is 3.17. The summed E-state index contributed by atoms with van der Waals surface area (Å²) in [4.78, 5) is 26.9. The van der Waals surface area contributed by atoms with Gasteiger partial charge in [-0.25, -0.2) is 4.98 Å². The molecule has 1 aliphatic carbocycles. The van der Waals surface area contributed by atoms with Crippen LogP contribution in [-0.4, -0.2) is 28.5 Å². The molecule has 0 atom stereocenters. The highest BCUT2D eigenvalue weighted by molar-refractivity contribution is 6.29. The molecule has 2 N–H and O–H groups in total. The topological polar surface area (TPSA) is 79.3 Å². The second-order valence-corrected chi connectivity index (χ2v) is 5.81. The Hall–Kier alpha value is -1.62. The first-order valence-electron chi connectivity index (χ1n) is 6.54. The second kappa shape index (κ2) is 5.79. The maximum Gasteiger partial charge on any atom is 0.303 e. The Morgan fingerprint density at radius 1 is 1.45 bits per heavy atom. The number of carbonyl (C=O) groups excluding carboxylic acids is 1. The summed E-state index contributed by atoms with van der Waals surface area (Å²) in [6.45, 7) is 2.15. The Balaban J connectivity index is 1.99. The summed E-state index contributed by atoms with van der Waals surface area (Å²) in [5.74, 6) is -1.06. The smallest absolute Gasteiger partial charge is 0.303 e. The molecule has 2 rings (SSSR count). The summed E-state index contributed by atoms with van der Waals surface area (Å²) < 4.78 is 0. The summed E-state index contributed by atoms with van der Waals surface area (Å²) in [5, 5.41) is 12.0. The molecule has 1 heterocycles. The summed E-state index contributed by atoms with van der Waals surface area (Å²) in [7, 11) is 0. The average Bonchev–Trinajstić information content (AvgIpc) is 2.30. The van der Waals surface area contributed by atoms with Gasteiger partial charge in [0.25, 0.3) is 5.91 Å². The standard InChI is InChI=1S/C14H17ClN2O3/c1-9-5-10(6-11(15)17-9)13(20)16-8-14(3-2-4-14)7-12(18)19/h5-6H,2-4,7-8H2,1H3,(H,16,20)(H,18,19). The summed E-state index contributed by atoms with van der Waals surface area (Å²) >= 11 is 5.82. The molecule has 1 aromatic rings. The lowest BCUT2D eigenvalue weighted by Gasteiger charge is -2.40. The van der Waals surface area contributed by atoms with Gasteiger partial charge in [0.2, 0.25) is 0 Å². The summed E-state index contributed by atoms with van der Waals surface area (Å²) in [6.07, 6.45) is 2.80. The molecule has 0 aromatic carbocycles. The predicted octanol–water partition coefficient (Wildman–Crippen LogP) is 2.42. The molecule has 6 heteroatoms. The van der Waals surface area contributed by atoms with Crippen molar-refractivity contribution >= 4 is 23.5 Å². The number of halogens is 1. The number of aliphatic carboxylic acids is 1. The fourth-order valence-electron chi connectivity index (χ4n) is 2.54. The number of rotatable bonds is 5. The molecule has 1 aromatic heterocycles. The van der Waals surface area contributed by atoms with Gasteiger partial charge >= 0.3 is 5.97 Å². The van der Waals surface area contributed by atoms with E-state index in [9.17, 15) is 9.59 Å². The Morgan fingerprint density at radius 2 is 2.15 bits per heavy atom. The summed E-state index contributed by atoms with van der Waals surface area (Å²) in [5.41, 5.74) is 0.840. The van der Waals surface area contributed by atoms with Crippen molar-refractivity contribution in [2.75, 3.05) is 6.54 Å². The van der Waals surface area contributed by atoms with Crippen molar-refractivity contribution in [1.82, 2.24) is 10.3 Å². The number of carboxylic acid groups (broad SMARTS) is 1. The van der Waals surface area contributed by atoms with Crippen LogP contribution >= 0.6 is 11.6 Å². The third kappa shape index (κ3) is 3.48. The molecule has 1 aliphatic rings. The fraction of sp³-hybridized carbons (Fsp3) is 0.500. The Kier molecular flexibility index (Phi) is 4.28. The van der Waals surface area contributed by atoms with Gasteiger partial charge in [-0.3, -0.25) is 9.59 Å². The number of aryl methyl sites for hydroxylation is 1. The predicted molar refractivity (Wildman–Crippen MR) is 74.9 cm³/mol. The molecule has 0 radical (unpaired) electrons. The maximum atomic E-state index is 12.1. The molecule has 0 unspecified atom stereocenters. The van der Waals surface area contributed by atoms with E-state index in [-0.39, 0.29) is 22.9 Å². The van der Waals surface area contributed by atoms with Gasteiger partial charge in [0.1, 0.15) is 5.15 Å². The van der Waals surface area contributed by atoms with Crippen LogP contribution in [0.4, 0.5) is 0 Å². The van der Waals surface area contributed by atoms with Crippen LogP contribution in [-0.2, 0) is 4.79 Å². The number of amides is 1. The van der Waals surface area contributed by atoms with E-state index in [0.717, 1.165) is 19.3 Å². The lowest BCUT2D eigenvalue weighted by atomic mass is 9.66. The minimum absolute atomic E-state index is 0.101. The minimum atomic E-state index is -0.818. The lowest BCUT2D eigenvalue weighted by molar-refractivity contribution is -0.141. The van der Waals surface area contributed by atoms with Crippen LogP contribution in [0, 0.1) is 12.3 Å². The van der Waals surface area contributed by atoms with Gasteiger partial charge in [-0.05, 0) is 37.3 Å². The lowest BCUT2D eigenvalue weighted by Crippen LogP contribution is -2.43. The number of pyridine rings is 1. The van der Waals surface area contributed by atoms with E-state index in [0.29, 0.717) is 17.8 Å². The third-order valence-electron chi connectivity index (χ3n) is 3.75. The molecule has 5 nitrogen and oxygen atoms in total. The minimum Gasteiger partial charge on any atom is -0.481 e. The van der Waals surface area contributed by atoms with E-state index in [2.05, 4.69) is 10.3 Å². The third-order valence-corrected chi connectivity index (χ3v) is 3.94. The van der Waals surface area contributed by atoms with Crippen molar-refractivity contribution in [3.63, 3.8) is 0 Å². The Labute approximate surface area is 122 Å². The van der Waals surface area contributed by atoms with Crippen LogP contribution in [0.5, 0.6) is 0 Å². The zero-order valence-corrected chi connectivity index (χ0v) is 12.0. The van der Waals surface area contributed by atoms with Gasteiger partial charge in [-0.15, -0.1) is 0 Å². The highest BCUT2D eigenvalue weighted by Crippen LogP contribution is 2.43. The molecule has 0 saturated heterocycles. The first-order chi connectivity index (χ1) is 9.40. The molecule has 0 spiro atoms. The van der Waals surface area contributed by atoms with E-state index in [1.165, 1.54) is 6.07 Å². The first kappa shape index (κ1) is 14.8. The SMILES string of the molecule is Cc1cc(C(=O)NCC2(CC(=O)O)CCC2)cc(Cl)n1. The van der Waals surface area contributed by atoms with Gasteiger partial charge in [-0.2, -0.15) is 0 Å². The van der Waals surface area contributed by atoms with Crippen LogP contribution in [0.3, 0.4) is 0 Å². The molecular formula is C14H17ClN2O3. The fourth-order valence-corrected chi connectivity index (χ4v) is 2.79. The molecular weight excluding hydrogens is 280 g/mol.